The molecule has 0 radical (unpaired) electrons. The summed E-state index contributed by atoms with van der Waals surface area (Å²) in [6, 6.07) is 8.05. The lowest BCUT2D eigenvalue weighted by Gasteiger charge is -2.11. The van der Waals surface area contributed by atoms with E-state index in [0.717, 1.165) is 4.47 Å². The predicted molar refractivity (Wildman–Crippen MR) is 84.0 cm³/mol. The summed E-state index contributed by atoms with van der Waals surface area (Å²) in [7, 11) is -2.68. The van der Waals surface area contributed by atoms with Gasteiger partial charge < -0.3 is 4.74 Å². The third-order valence-electron chi connectivity index (χ3n) is 2.56. The molecule has 2 aromatic rings. The molecule has 0 fully saturated rings. The SMILES string of the molecule is Cc1ccc(Oc2c(Cl)cc(Br)cc2Cl)cc1[SH](=O)=O. The molecule has 0 saturated heterocycles. The molecular formula is C13H9BrCl2O3S. The smallest absolute Gasteiger partial charge is 0.168 e. The van der Waals surface area contributed by atoms with E-state index in [-0.39, 0.29) is 10.6 Å². The highest BCUT2D eigenvalue weighted by Gasteiger charge is 2.11. The van der Waals surface area contributed by atoms with E-state index >= 15 is 0 Å². The highest BCUT2D eigenvalue weighted by molar-refractivity contribution is 9.10. The van der Waals surface area contributed by atoms with Crippen LogP contribution in [0.2, 0.25) is 10.0 Å². The fourth-order valence-electron chi connectivity index (χ4n) is 1.59. The van der Waals surface area contributed by atoms with Crippen LogP contribution in [0.1, 0.15) is 5.56 Å². The van der Waals surface area contributed by atoms with Crippen LogP contribution in [-0.4, -0.2) is 8.42 Å². The van der Waals surface area contributed by atoms with Crippen molar-refractivity contribution in [1.82, 2.24) is 0 Å². The zero-order valence-electron chi connectivity index (χ0n) is 10.2. The van der Waals surface area contributed by atoms with E-state index in [4.69, 9.17) is 27.9 Å². The Balaban J connectivity index is 2.43. The van der Waals surface area contributed by atoms with Crippen molar-refractivity contribution in [1.29, 1.82) is 0 Å². The van der Waals surface area contributed by atoms with Crippen LogP contribution >= 0.6 is 39.1 Å². The Morgan fingerprint density at radius 1 is 1.10 bits per heavy atom. The summed E-state index contributed by atoms with van der Waals surface area (Å²) in [5, 5.41) is 0.663. The molecule has 0 amide bonds. The molecule has 0 aliphatic heterocycles. The minimum Gasteiger partial charge on any atom is -0.454 e. The van der Waals surface area contributed by atoms with Crippen LogP contribution in [0.4, 0.5) is 0 Å². The quantitative estimate of drug-likeness (QED) is 0.757. The minimum atomic E-state index is -2.68. The molecule has 2 aromatic carbocycles. The Bertz CT molecular complexity index is 713. The van der Waals surface area contributed by atoms with Crippen molar-refractivity contribution in [2.45, 2.75) is 11.8 Å². The van der Waals surface area contributed by atoms with Gasteiger partial charge in [-0.2, -0.15) is 0 Å². The fraction of sp³-hybridized carbons (Fsp3) is 0.0769. The maximum absolute atomic E-state index is 11.1. The molecule has 0 aliphatic carbocycles. The van der Waals surface area contributed by atoms with Crippen molar-refractivity contribution >= 4 is 49.8 Å². The molecule has 3 nitrogen and oxygen atoms in total. The molecule has 0 atom stereocenters. The summed E-state index contributed by atoms with van der Waals surface area (Å²) in [6.45, 7) is 1.71. The van der Waals surface area contributed by atoms with Gasteiger partial charge in [0.1, 0.15) is 5.75 Å². The van der Waals surface area contributed by atoms with Crippen LogP contribution in [0.3, 0.4) is 0 Å². The zero-order valence-corrected chi connectivity index (χ0v) is 14.2. The summed E-state index contributed by atoms with van der Waals surface area (Å²) >= 11 is 15.4. The summed E-state index contributed by atoms with van der Waals surface area (Å²) in [4.78, 5) is 0.210. The van der Waals surface area contributed by atoms with Crippen molar-refractivity contribution in [2.24, 2.45) is 0 Å². The van der Waals surface area contributed by atoms with Gasteiger partial charge in [-0.1, -0.05) is 45.2 Å². The predicted octanol–water partition coefficient (Wildman–Crippen LogP) is 4.83. The number of halogens is 3. The first-order chi connectivity index (χ1) is 9.38. The Hall–Kier alpha value is -0.750. The van der Waals surface area contributed by atoms with Crippen LogP contribution in [0, 0.1) is 6.92 Å². The summed E-state index contributed by atoms with van der Waals surface area (Å²) in [5.41, 5.74) is 0.654. The Morgan fingerprint density at radius 2 is 1.70 bits per heavy atom. The summed E-state index contributed by atoms with van der Waals surface area (Å²) < 4.78 is 28.6. The van der Waals surface area contributed by atoms with E-state index in [2.05, 4.69) is 15.9 Å². The molecule has 106 valence electrons. The van der Waals surface area contributed by atoms with E-state index in [1.54, 1.807) is 31.2 Å². The molecule has 0 unspecified atom stereocenters. The number of rotatable bonds is 3. The van der Waals surface area contributed by atoms with E-state index in [0.29, 0.717) is 21.4 Å². The zero-order chi connectivity index (χ0) is 14.9. The van der Waals surface area contributed by atoms with E-state index in [1.165, 1.54) is 6.07 Å². The van der Waals surface area contributed by atoms with E-state index in [9.17, 15) is 8.42 Å². The summed E-state index contributed by atoms with van der Waals surface area (Å²) in [5.74, 6) is 0.642. The Morgan fingerprint density at radius 3 is 2.25 bits per heavy atom. The summed E-state index contributed by atoms with van der Waals surface area (Å²) in [6.07, 6.45) is 0. The second-order valence-electron chi connectivity index (χ2n) is 4.01. The number of benzene rings is 2. The second-order valence-corrected chi connectivity index (χ2v) is 6.73. The van der Waals surface area contributed by atoms with Gasteiger partial charge in [-0.25, -0.2) is 8.42 Å². The fourth-order valence-corrected chi connectivity index (χ4v) is 3.47. The molecule has 0 bridgehead atoms. The van der Waals surface area contributed by atoms with Gasteiger partial charge in [0.25, 0.3) is 0 Å². The number of aryl methyl sites for hydroxylation is 1. The molecule has 0 aliphatic rings. The lowest BCUT2D eigenvalue weighted by molar-refractivity contribution is 0.481. The topological polar surface area (TPSA) is 43.4 Å². The van der Waals surface area contributed by atoms with Gasteiger partial charge in [0.2, 0.25) is 0 Å². The molecule has 7 heteroatoms. The third-order valence-corrected chi connectivity index (χ3v) is 4.45. The molecule has 0 heterocycles. The van der Waals surface area contributed by atoms with Crippen LogP contribution in [0.15, 0.2) is 39.7 Å². The van der Waals surface area contributed by atoms with Gasteiger partial charge in [-0.15, -0.1) is 0 Å². The van der Waals surface area contributed by atoms with Crippen LogP contribution < -0.4 is 4.74 Å². The average molecular weight is 396 g/mol. The first-order valence-corrected chi connectivity index (χ1v) is 8.18. The normalized spacial score (nSPS) is 10.8. The monoisotopic (exact) mass is 394 g/mol. The number of ether oxygens (including phenoxy) is 1. The molecule has 20 heavy (non-hydrogen) atoms. The van der Waals surface area contributed by atoms with Crippen molar-refractivity contribution in [3.63, 3.8) is 0 Å². The van der Waals surface area contributed by atoms with Crippen molar-refractivity contribution < 1.29 is 13.2 Å². The standard InChI is InChI=1S/C13H9BrCl2O3S/c1-7-2-3-9(6-12(7)20(17)18)19-13-10(15)4-8(14)5-11(13)16/h2-6,20H,1H3. The molecular weight excluding hydrogens is 387 g/mol. The molecule has 0 spiro atoms. The van der Waals surface area contributed by atoms with Gasteiger partial charge in [0.15, 0.2) is 16.5 Å². The van der Waals surface area contributed by atoms with Crippen molar-refractivity contribution in [3.8, 4) is 11.5 Å². The first-order valence-electron chi connectivity index (χ1n) is 5.46. The van der Waals surface area contributed by atoms with Crippen molar-refractivity contribution in [3.05, 3.63) is 50.4 Å². The highest BCUT2D eigenvalue weighted by atomic mass is 79.9. The van der Waals surface area contributed by atoms with E-state index < -0.39 is 10.7 Å². The second kappa shape index (κ2) is 6.35. The molecule has 0 aromatic heterocycles. The highest BCUT2D eigenvalue weighted by Crippen LogP contribution is 2.39. The van der Waals surface area contributed by atoms with Gasteiger partial charge in [0.05, 0.1) is 14.9 Å². The van der Waals surface area contributed by atoms with Gasteiger partial charge in [-0.3, -0.25) is 0 Å². The van der Waals surface area contributed by atoms with Gasteiger partial charge in [-0.05, 0) is 36.8 Å². The first kappa shape index (κ1) is 15.6. The van der Waals surface area contributed by atoms with Crippen LogP contribution in [0.5, 0.6) is 11.5 Å². The number of hydrogen-bond acceptors (Lipinski definition) is 3. The van der Waals surface area contributed by atoms with Crippen LogP contribution in [0.25, 0.3) is 0 Å². The maximum Gasteiger partial charge on any atom is 0.168 e. The average Bonchev–Trinajstić information content (AvgIpc) is 2.35. The Labute approximate surface area is 136 Å². The van der Waals surface area contributed by atoms with Crippen molar-refractivity contribution in [2.75, 3.05) is 0 Å². The lowest BCUT2D eigenvalue weighted by atomic mass is 10.2. The largest absolute Gasteiger partial charge is 0.454 e. The van der Waals surface area contributed by atoms with Crippen LogP contribution in [-0.2, 0) is 10.7 Å². The Kier molecular flexibility index (Phi) is 4.96. The van der Waals surface area contributed by atoms with E-state index in [1.807, 2.05) is 0 Å². The molecule has 0 N–H and O–H groups in total. The number of thiol groups is 1. The lowest BCUT2D eigenvalue weighted by Crippen LogP contribution is -1.91. The third kappa shape index (κ3) is 3.47. The minimum absolute atomic E-state index is 0.210. The van der Waals surface area contributed by atoms with Gasteiger partial charge in [0, 0.05) is 4.47 Å². The molecule has 0 saturated carbocycles. The molecule has 2 rings (SSSR count). The maximum atomic E-state index is 11.1. The number of hydrogen-bond donors (Lipinski definition) is 1. The van der Waals surface area contributed by atoms with Gasteiger partial charge >= 0.3 is 0 Å².